The van der Waals surface area contributed by atoms with E-state index < -0.39 is 5.97 Å². The first-order valence-corrected chi connectivity index (χ1v) is 6.65. The maximum atomic E-state index is 12.4. The van der Waals surface area contributed by atoms with Crippen molar-refractivity contribution in [1.29, 1.82) is 0 Å². The molecule has 3 unspecified atom stereocenters. The fourth-order valence-corrected chi connectivity index (χ4v) is 2.73. The molecule has 1 N–H and O–H groups in total. The molecule has 5 heteroatoms. The standard InChI is InChI=1S/C13H24N2O3/c1-5-14(11(4)7-12(16)17)13(18)15-8-9(2)6-10(15)3/h9-11H,5-8H2,1-4H3,(H,16,17). The van der Waals surface area contributed by atoms with E-state index in [1.165, 1.54) is 0 Å². The maximum Gasteiger partial charge on any atom is 0.320 e. The number of aliphatic carboxylic acids is 1. The van der Waals surface area contributed by atoms with Crippen molar-refractivity contribution in [3.05, 3.63) is 0 Å². The van der Waals surface area contributed by atoms with Crippen molar-refractivity contribution in [1.82, 2.24) is 9.80 Å². The molecular weight excluding hydrogens is 232 g/mol. The highest BCUT2D eigenvalue weighted by atomic mass is 16.4. The van der Waals surface area contributed by atoms with Crippen LogP contribution in [0.25, 0.3) is 0 Å². The predicted octanol–water partition coefficient (Wildman–Crippen LogP) is 2.02. The summed E-state index contributed by atoms with van der Waals surface area (Å²) in [6.07, 6.45) is 1.02. The third-order valence-electron chi connectivity index (χ3n) is 3.62. The van der Waals surface area contributed by atoms with Crippen molar-refractivity contribution in [2.45, 2.75) is 52.6 Å². The lowest BCUT2D eigenvalue weighted by molar-refractivity contribution is -0.138. The van der Waals surface area contributed by atoms with Crippen LogP contribution in [0.2, 0.25) is 0 Å². The number of urea groups is 1. The summed E-state index contributed by atoms with van der Waals surface area (Å²) in [5.74, 6) is -0.339. The second kappa shape index (κ2) is 6.07. The van der Waals surface area contributed by atoms with Crippen molar-refractivity contribution in [3.8, 4) is 0 Å². The van der Waals surface area contributed by atoms with Crippen molar-refractivity contribution in [3.63, 3.8) is 0 Å². The summed E-state index contributed by atoms with van der Waals surface area (Å²) in [6, 6.07) is -0.0372. The number of amides is 2. The first kappa shape index (κ1) is 14.8. The minimum Gasteiger partial charge on any atom is -0.481 e. The van der Waals surface area contributed by atoms with Crippen molar-refractivity contribution in [2.75, 3.05) is 13.1 Å². The number of nitrogens with zero attached hydrogens (tertiary/aromatic N) is 2. The molecule has 0 bridgehead atoms. The zero-order valence-electron chi connectivity index (χ0n) is 11.7. The largest absolute Gasteiger partial charge is 0.481 e. The molecule has 0 radical (unpaired) electrons. The Morgan fingerprint density at radius 1 is 1.44 bits per heavy atom. The fourth-order valence-electron chi connectivity index (χ4n) is 2.73. The minimum atomic E-state index is -0.864. The van der Waals surface area contributed by atoms with Crippen molar-refractivity contribution >= 4 is 12.0 Å². The summed E-state index contributed by atoms with van der Waals surface area (Å²) >= 11 is 0. The highest BCUT2D eigenvalue weighted by molar-refractivity contribution is 5.76. The van der Waals surface area contributed by atoms with E-state index in [0.717, 1.165) is 13.0 Å². The predicted molar refractivity (Wildman–Crippen MR) is 69.4 cm³/mol. The Balaban J connectivity index is 2.70. The molecule has 3 atom stereocenters. The number of carboxylic acid groups (broad SMARTS) is 1. The number of hydrogen-bond donors (Lipinski definition) is 1. The first-order valence-electron chi connectivity index (χ1n) is 6.65. The van der Waals surface area contributed by atoms with Crippen LogP contribution in [0, 0.1) is 5.92 Å². The zero-order valence-corrected chi connectivity index (χ0v) is 11.7. The summed E-state index contributed by atoms with van der Waals surface area (Å²) in [7, 11) is 0. The van der Waals surface area contributed by atoms with Crippen LogP contribution in [0.1, 0.15) is 40.5 Å². The molecule has 0 spiro atoms. The van der Waals surface area contributed by atoms with Gasteiger partial charge in [0.15, 0.2) is 0 Å². The molecular formula is C13H24N2O3. The summed E-state index contributed by atoms with van der Waals surface area (Å²) < 4.78 is 0. The summed E-state index contributed by atoms with van der Waals surface area (Å²) in [5, 5.41) is 8.82. The molecule has 1 heterocycles. The van der Waals surface area contributed by atoms with Gasteiger partial charge in [-0.1, -0.05) is 6.92 Å². The van der Waals surface area contributed by atoms with E-state index in [4.69, 9.17) is 5.11 Å². The van der Waals surface area contributed by atoms with Crippen LogP contribution in [0.15, 0.2) is 0 Å². The van der Waals surface area contributed by atoms with Crippen LogP contribution in [-0.2, 0) is 4.79 Å². The topological polar surface area (TPSA) is 60.9 Å². The third-order valence-corrected chi connectivity index (χ3v) is 3.62. The van der Waals surface area contributed by atoms with Crippen LogP contribution >= 0.6 is 0 Å². The van der Waals surface area contributed by atoms with Gasteiger partial charge in [-0.05, 0) is 33.1 Å². The Morgan fingerprint density at radius 3 is 2.44 bits per heavy atom. The fraction of sp³-hybridized carbons (Fsp3) is 0.846. The van der Waals surface area contributed by atoms with E-state index in [1.807, 2.05) is 11.8 Å². The molecule has 1 rings (SSSR count). The summed E-state index contributed by atoms with van der Waals surface area (Å²) in [4.78, 5) is 26.7. The van der Waals surface area contributed by atoms with Gasteiger partial charge in [0.2, 0.25) is 0 Å². The molecule has 1 saturated heterocycles. The summed E-state index contributed by atoms with van der Waals surface area (Å²) in [5.41, 5.74) is 0. The van der Waals surface area contributed by atoms with Gasteiger partial charge in [-0.2, -0.15) is 0 Å². The maximum absolute atomic E-state index is 12.4. The molecule has 104 valence electrons. The average Bonchev–Trinajstić information content (AvgIpc) is 2.57. The molecule has 0 aromatic carbocycles. The monoisotopic (exact) mass is 256 g/mol. The van der Waals surface area contributed by atoms with Crippen LogP contribution in [0.4, 0.5) is 4.79 Å². The Hall–Kier alpha value is -1.26. The SMILES string of the molecule is CCN(C(=O)N1CC(C)CC1C)C(C)CC(=O)O. The van der Waals surface area contributed by atoms with E-state index in [9.17, 15) is 9.59 Å². The molecule has 1 aliphatic heterocycles. The number of hydrogen-bond acceptors (Lipinski definition) is 2. The first-order chi connectivity index (χ1) is 8.36. The van der Waals surface area contributed by atoms with Gasteiger partial charge in [0.25, 0.3) is 0 Å². The molecule has 1 fully saturated rings. The lowest BCUT2D eigenvalue weighted by atomic mass is 10.1. The Bertz CT molecular complexity index is 319. The number of carboxylic acids is 1. The van der Waals surface area contributed by atoms with Crippen LogP contribution in [0.3, 0.4) is 0 Å². The van der Waals surface area contributed by atoms with Gasteiger partial charge in [0.1, 0.15) is 0 Å². The molecule has 0 aromatic heterocycles. The van der Waals surface area contributed by atoms with Gasteiger partial charge in [-0.25, -0.2) is 4.79 Å². The van der Waals surface area contributed by atoms with Gasteiger partial charge in [-0.15, -0.1) is 0 Å². The summed E-state index contributed by atoms with van der Waals surface area (Å²) in [6.45, 7) is 9.19. The van der Waals surface area contributed by atoms with E-state index in [-0.39, 0.29) is 24.5 Å². The van der Waals surface area contributed by atoms with Gasteiger partial charge < -0.3 is 14.9 Å². The number of likely N-dealkylation sites (tertiary alicyclic amines) is 1. The van der Waals surface area contributed by atoms with Gasteiger partial charge in [0.05, 0.1) is 6.42 Å². The quantitative estimate of drug-likeness (QED) is 0.837. The molecule has 5 nitrogen and oxygen atoms in total. The van der Waals surface area contributed by atoms with Crippen molar-refractivity contribution < 1.29 is 14.7 Å². The number of carbonyl (C=O) groups is 2. The van der Waals surface area contributed by atoms with E-state index in [0.29, 0.717) is 12.5 Å². The molecule has 2 amide bonds. The Labute approximate surface area is 109 Å². The smallest absolute Gasteiger partial charge is 0.320 e. The Kier molecular flexibility index (Phi) is 4.99. The highest BCUT2D eigenvalue weighted by Crippen LogP contribution is 2.24. The lowest BCUT2D eigenvalue weighted by Gasteiger charge is -2.33. The highest BCUT2D eigenvalue weighted by Gasteiger charge is 2.33. The van der Waals surface area contributed by atoms with Crippen LogP contribution < -0.4 is 0 Å². The van der Waals surface area contributed by atoms with Crippen LogP contribution in [0.5, 0.6) is 0 Å². The molecule has 18 heavy (non-hydrogen) atoms. The minimum absolute atomic E-state index is 0.00262. The normalized spacial score (nSPS) is 25.0. The molecule has 0 aromatic rings. The van der Waals surface area contributed by atoms with Gasteiger partial charge in [0, 0.05) is 25.2 Å². The number of carbonyl (C=O) groups excluding carboxylic acids is 1. The van der Waals surface area contributed by atoms with E-state index >= 15 is 0 Å². The molecule has 0 saturated carbocycles. The molecule has 0 aliphatic carbocycles. The second-order valence-electron chi connectivity index (χ2n) is 5.36. The van der Waals surface area contributed by atoms with Gasteiger partial charge in [-0.3, -0.25) is 4.79 Å². The van der Waals surface area contributed by atoms with Gasteiger partial charge >= 0.3 is 12.0 Å². The molecule has 1 aliphatic rings. The lowest BCUT2D eigenvalue weighted by Crippen LogP contribution is -2.49. The zero-order chi connectivity index (χ0) is 13.9. The van der Waals surface area contributed by atoms with E-state index in [2.05, 4.69) is 13.8 Å². The van der Waals surface area contributed by atoms with Crippen molar-refractivity contribution in [2.24, 2.45) is 5.92 Å². The van der Waals surface area contributed by atoms with Crippen LogP contribution in [-0.4, -0.2) is 52.1 Å². The average molecular weight is 256 g/mol. The second-order valence-corrected chi connectivity index (χ2v) is 5.36. The Morgan fingerprint density at radius 2 is 2.06 bits per heavy atom. The number of rotatable bonds is 4. The third kappa shape index (κ3) is 3.37. The van der Waals surface area contributed by atoms with E-state index in [1.54, 1.807) is 11.8 Å².